The fourth-order valence-corrected chi connectivity index (χ4v) is 4.92. The molecule has 4 aromatic heterocycles. The zero-order chi connectivity index (χ0) is 23.8. The van der Waals surface area contributed by atoms with Gasteiger partial charge >= 0.3 is 0 Å². The highest BCUT2D eigenvalue weighted by atomic mass is 16.5. The van der Waals surface area contributed by atoms with Gasteiger partial charge in [0, 0.05) is 38.5 Å². The second-order valence-electron chi connectivity index (χ2n) is 9.07. The number of pyridine rings is 1. The third-order valence-electron chi connectivity index (χ3n) is 6.86. The molecule has 1 N–H and O–H groups in total. The second-order valence-corrected chi connectivity index (χ2v) is 9.07. The Morgan fingerprint density at radius 2 is 1.94 bits per heavy atom. The quantitative estimate of drug-likeness (QED) is 0.406. The van der Waals surface area contributed by atoms with E-state index in [-0.39, 0.29) is 0 Å². The van der Waals surface area contributed by atoms with Crippen LogP contribution in [0.1, 0.15) is 35.6 Å². The van der Waals surface area contributed by atoms with E-state index >= 15 is 0 Å². The summed E-state index contributed by atoms with van der Waals surface area (Å²) in [5, 5.41) is 0. The molecule has 0 unspecified atom stereocenters. The molecule has 6 rings (SSSR count). The Morgan fingerprint density at radius 1 is 1.06 bits per heavy atom. The van der Waals surface area contributed by atoms with Crippen LogP contribution in [-0.4, -0.2) is 60.8 Å². The number of anilines is 1. The van der Waals surface area contributed by atoms with Crippen molar-refractivity contribution in [3.63, 3.8) is 0 Å². The number of aromatic nitrogens is 7. The number of rotatable bonds is 6. The normalized spacial score (nSPS) is 14.9. The zero-order valence-electron chi connectivity index (χ0n) is 20.0. The first-order chi connectivity index (χ1) is 17.2. The van der Waals surface area contributed by atoms with E-state index in [1.807, 2.05) is 31.5 Å². The monoisotopic (exact) mass is 468 g/mol. The lowest BCUT2D eigenvalue weighted by atomic mass is 10.1. The van der Waals surface area contributed by atoms with Crippen molar-refractivity contribution in [2.45, 2.75) is 38.8 Å². The molecule has 1 saturated heterocycles. The van der Waals surface area contributed by atoms with Gasteiger partial charge in [-0.15, -0.1) is 0 Å². The van der Waals surface area contributed by atoms with E-state index in [0.717, 1.165) is 76.7 Å². The highest BCUT2D eigenvalue weighted by molar-refractivity contribution is 5.79. The van der Waals surface area contributed by atoms with Crippen LogP contribution >= 0.6 is 0 Å². The van der Waals surface area contributed by atoms with Crippen LogP contribution in [0.15, 0.2) is 49.1 Å². The zero-order valence-corrected chi connectivity index (χ0v) is 20.0. The third kappa shape index (κ3) is 4.23. The maximum atomic E-state index is 5.49. The van der Waals surface area contributed by atoms with Crippen LogP contribution in [-0.2, 0) is 17.7 Å². The Bertz CT molecular complexity index is 1480. The van der Waals surface area contributed by atoms with Gasteiger partial charge in [0.05, 0.1) is 47.4 Å². The molecule has 0 atom stereocenters. The van der Waals surface area contributed by atoms with E-state index < -0.39 is 0 Å². The minimum Gasteiger partial charge on any atom is -0.381 e. The van der Waals surface area contributed by atoms with Gasteiger partial charge in [0.15, 0.2) is 0 Å². The van der Waals surface area contributed by atoms with Crippen molar-refractivity contribution in [1.82, 2.24) is 34.5 Å². The second kappa shape index (κ2) is 9.07. The highest BCUT2D eigenvalue weighted by Crippen LogP contribution is 2.23. The molecular formula is C26H28N8O. The number of nitrogens with zero attached hydrogens (tertiary/aromatic N) is 7. The molecular weight excluding hydrogens is 440 g/mol. The average molecular weight is 469 g/mol. The van der Waals surface area contributed by atoms with Crippen LogP contribution in [0.4, 0.5) is 5.95 Å². The molecule has 0 bridgehead atoms. The van der Waals surface area contributed by atoms with Crippen molar-refractivity contribution in [2.24, 2.45) is 0 Å². The maximum Gasteiger partial charge on any atom is 0.225 e. The number of fused-ring (bicyclic) bond motifs is 2. The minimum atomic E-state index is 0.332. The van der Waals surface area contributed by atoms with Crippen molar-refractivity contribution < 1.29 is 4.74 Å². The Hall–Kier alpha value is -3.85. The largest absolute Gasteiger partial charge is 0.381 e. The summed E-state index contributed by atoms with van der Waals surface area (Å²) < 4.78 is 7.72. The number of para-hydroxylation sites is 1. The fourth-order valence-electron chi connectivity index (χ4n) is 4.92. The van der Waals surface area contributed by atoms with E-state index in [1.165, 1.54) is 0 Å². The van der Waals surface area contributed by atoms with Gasteiger partial charge in [-0.1, -0.05) is 12.1 Å². The molecule has 35 heavy (non-hydrogen) atoms. The van der Waals surface area contributed by atoms with E-state index in [4.69, 9.17) is 14.7 Å². The van der Waals surface area contributed by atoms with Gasteiger partial charge < -0.3 is 19.2 Å². The summed E-state index contributed by atoms with van der Waals surface area (Å²) in [4.78, 5) is 28.7. The van der Waals surface area contributed by atoms with Crippen molar-refractivity contribution in [3.8, 4) is 0 Å². The van der Waals surface area contributed by atoms with Gasteiger partial charge in [0.2, 0.25) is 5.95 Å². The van der Waals surface area contributed by atoms with Crippen LogP contribution in [0.3, 0.4) is 0 Å². The van der Waals surface area contributed by atoms with Gasteiger partial charge in [-0.3, -0.25) is 4.98 Å². The molecule has 9 heteroatoms. The van der Waals surface area contributed by atoms with Crippen LogP contribution < -0.4 is 4.90 Å². The number of H-pyrrole nitrogens is 1. The number of aromatic amines is 1. The molecule has 0 aliphatic carbocycles. The summed E-state index contributed by atoms with van der Waals surface area (Å²) >= 11 is 0. The summed E-state index contributed by atoms with van der Waals surface area (Å²) in [5.41, 5.74) is 7.06. The van der Waals surface area contributed by atoms with Crippen LogP contribution in [0.2, 0.25) is 0 Å². The van der Waals surface area contributed by atoms with Gasteiger partial charge in [0.1, 0.15) is 11.3 Å². The Balaban J connectivity index is 1.26. The van der Waals surface area contributed by atoms with E-state index in [2.05, 4.69) is 47.6 Å². The molecule has 178 valence electrons. The minimum absolute atomic E-state index is 0.332. The average Bonchev–Trinajstić information content (AvgIpc) is 3.49. The van der Waals surface area contributed by atoms with Crippen LogP contribution in [0.25, 0.3) is 22.1 Å². The van der Waals surface area contributed by atoms with Crippen molar-refractivity contribution >= 4 is 28.0 Å². The summed E-state index contributed by atoms with van der Waals surface area (Å²) in [7, 11) is 1.78. The maximum absolute atomic E-state index is 5.49. The number of nitrogens with one attached hydrogen (secondary N) is 1. The number of imidazole rings is 2. The first-order valence-electron chi connectivity index (χ1n) is 12.0. The molecule has 1 aromatic carbocycles. The lowest BCUT2D eigenvalue weighted by molar-refractivity contribution is 0.0816. The number of ether oxygens (including phenoxy) is 1. The highest BCUT2D eigenvalue weighted by Gasteiger charge is 2.21. The predicted octanol–water partition coefficient (Wildman–Crippen LogP) is 3.66. The smallest absolute Gasteiger partial charge is 0.225 e. The summed E-state index contributed by atoms with van der Waals surface area (Å²) in [6.07, 6.45) is 8.41. The predicted molar refractivity (Wildman–Crippen MR) is 135 cm³/mol. The van der Waals surface area contributed by atoms with Crippen molar-refractivity contribution in [2.75, 3.05) is 25.1 Å². The topological polar surface area (TPSA) is 97.6 Å². The molecule has 0 amide bonds. The van der Waals surface area contributed by atoms with Crippen molar-refractivity contribution in [1.29, 1.82) is 0 Å². The molecule has 0 saturated carbocycles. The summed E-state index contributed by atoms with van der Waals surface area (Å²) in [6, 6.07) is 10.3. The Labute approximate surface area is 203 Å². The van der Waals surface area contributed by atoms with Crippen molar-refractivity contribution in [3.05, 3.63) is 71.8 Å². The molecule has 0 spiro atoms. The standard InChI is InChI=1S/C26H28N8O/c1-17-31-23-14-28-20(12-19-6-9-27-26(32-19)33-10-7-21(35-2)8-11-33)13-24(23)34(17)15-18-4-3-5-22-25(18)30-16-29-22/h3-6,9,13-14,16,21H,7-8,10-12,15H2,1-2H3,(H,29,30). The number of aryl methyl sites for hydroxylation is 1. The van der Waals surface area contributed by atoms with E-state index in [9.17, 15) is 0 Å². The number of hydrogen-bond acceptors (Lipinski definition) is 7. The Kier molecular flexibility index (Phi) is 5.61. The molecule has 5 heterocycles. The van der Waals surface area contributed by atoms with Gasteiger partial charge in [-0.05, 0) is 43.5 Å². The molecule has 9 nitrogen and oxygen atoms in total. The molecule has 1 fully saturated rings. The number of benzene rings is 1. The first kappa shape index (κ1) is 21.7. The van der Waals surface area contributed by atoms with E-state index in [1.54, 1.807) is 13.4 Å². The number of hydrogen-bond donors (Lipinski definition) is 1. The fraction of sp³-hybridized carbons (Fsp3) is 0.346. The van der Waals surface area contributed by atoms with Gasteiger partial charge in [-0.2, -0.15) is 0 Å². The number of methoxy groups -OCH3 is 1. The number of piperidine rings is 1. The Morgan fingerprint density at radius 3 is 2.80 bits per heavy atom. The van der Waals surface area contributed by atoms with Crippen LogP contribution in [0.5, 0.6) is 0 Å². The lowest BCUT2D eigenvalue weighted by Crippen LogP contribution is -2.37. The first-order valence-corrected chi connectivity index (χ1v) is 12.0. The molecule has 1 aliphatic rings. The van der Waals surface area contributed by atoms with Gasteiger partial charge in [-0.25, -0.2) is 19.9 Å². The molecule has 0 radical (unpaired) electrons. The summed E-state index contributed by atoms with van der Waals surface area (Å²) in [5.74, 6) is 1.74. The van der Waals surface area contributed by atoms with Crippen LogP contribution in [0, 0.1) is 6.92 Å². The third-order valence-corrected chi connectivity index (χ3v) is 6.86. The summed E-state index contributed by atoms with van der Waals surface area (Å²) in [6.45, 7) is 4.55. The SMILES string of the molecule is COC1CCN(c2nccc(Cc3cc4c(cn3)nc(C)n4Cc3cccc4[nH]cnc34)n2)CC1. The lowest BCUT2D eigenvalue weighted by Gasteiger charge is -2.31. The molecule has 1 aliphatic heterocycles. The molecule has 5 aromatic rings. The van der Waals surface area contributed by atoms with E-state index in [0.29, 0.717) is 19.1 Å². The van der Waals surface area contributed by atoms with Gasteiger partial charge in [0.25, 0.3) is 0 Å².